The Morgan fingerprint density at radius 2 is 2.08 bits per heavy atom. The lowest BCUT2D eigenvalue weighted by Gasteiger charge is -2.29. The van der Waals surface area contributed by atoms with Crippen molar-refractivity contribution >= 4 is 39.2 Å². The molecule has 1 N–H and O–H groups in total. The molecule has 1 amide bonds. The number of rotatable bonds is 4. The van der Waals surface area contributed by atoms with Crippen LogP contribution in [-0.2, 0) is 17.6 Å². The summed E-state index contributed by atoms with van der Waals surface area (Å²) in [5, 5.41) is 5.46. The van der Waals surface area contributed by atoms with Gasteiger partial charge < -0.3 is 5.32 Å². The number of nitrogens with one attached hydrogen (secondary N) is 1. The molecule has 2 aliphatic rings. The van der Waals surface area contributed by atoms with Gasteiger partial charge in [0.15, 0.2) is 0 Å². The SMILES string of the molecule is Cc1nc(SCC(=O)N[C@H]2CCCC[C@@H]2C)c2c3c(sc2n1)CCC3. The average Bonchev–Trinajstić information content (AvgIpc) is 3.15. The zero-order valence-corrected chi connectivity index (χ0v) is 16.6. The molecule has 1 saturated carbocycles. The first kappa shape index (κ1) is 17.3. The number of aryl methyl sites for hydroxylation is 3. The largest absolute Gasteiger partial charge is 0.352 e. The number of amides is 1. The molecule has 6 heteroatoms. The van der Waals surface area contributed by atoms with Crippen molar-refractivity contribution in [2.45, 2.75) is 69.9 Å². The van der Waals surface area contributed by atoms with E-state index in [0.717, 1.165) is 28.5 Å². The van der Waals surface area contributed by atoms with E-state index in [0.29, 0.717) is 17.7 Å². The third-order valence-corrected chi connectivity index (χ3v) is 7.60. The van der Waals surface area contributed by atoms with Crippen LogP contribution in [0.15, 0.2) is 5.03 Å². The first-order chi connectivity index (χ1) is 12.1. The van der Waals surface area contributed by atoms with Gasteiger partial charge in [0.1, 0.15) is 15.7 Å². The minimum absolute atomic E-state index is 0.139. The van der Waals surface area contributed by atoms with E-state index in [1.165, 1.54) is 47.9 Å². The fourth-order valence-electron chi connectivity index (χ4n) is 4.08. The van der Waals surface area contributed by atoms with E-state index in [1.807, 2.05) is 18.3 Å². The maximum atomic E-state index is 12.5. The molecule has 2 aliphatic carbocycles. The Kier molecular flexibility index (Phi) is 5.00. The molecule has 2 atom stereocenters. The van der Waals surface area contributed by atoms with Crippen molar-refractivity contribution in [1.82, 2.24) is 15.3 Å². The number of hydrogen-bond acceptors (Lipinski definition) is 5. The molecule has 1 fully saturated rings. The van der Waals surface area contributed by atoms with Gasteiger partial charge >= 0.3 is 0 Å². The molecular weight excluding hydrogens is 350 g/mol. The Hall–Kier alpha value is -1.14. The van der Waals surface area contributed by atoms with Crippen molar-refractivity contribution < 1.29 is 4.79 Å². The lowest BCUT2D eigenvalue weighted by molar-refractivity contribution is -0.119. The summed E-state index contributed by atoms with van der Waals surface area (Å²) in [4.78, 5) is 24.3. The van der Waals surface area contributed by atoms with Gasteiger partial charge in [-0.1, -0.05) is 31.5 Å². The number of thioether (sulfide) groups is 1. The van der Waals surface area contributed by atoms with Crippen LogP contribution in [0.5, 0.6) is 0 Å². The highest BCUT2D eigenvalue weighted by molar-refractivity contribution is 8.00. The number of hydrogen-bond donors (Lipinski definition) is 1. The van der Waals surface area contributed by atoms with Gasteiger partial charge in [-0.15, -0.1) is 11.3 Å². The summed E-state index contributed by atoms with van der Waals surface area (Å²) in [5.74, 6) is 1.98. The van der Waals surface area contributed by atoms with E-state index in [2.05, 4.69) is 22.2 Å². The maximum absolute atomic E-state index is 12.5. The van der Waals surface area contributed by atoms with E-state index >= 15 is 0 Å². The van der Waals surface area contributed by atoms with Crippen LogP contribution in [0.2, 0.25) is 0 Å². The van der Waals surface area contributed by atoms with Gasteiger partial charge in [0.25, 0.3) is 0 Å². The minimum Gasteiger partial charge on any atom is -0.352 e. The fourth-order valence-corrected chi connectivity index (χ4v) is 6.36. The van der Waals surface area contributed by atoms with Crippen LogP contribution in [0.25, 0.3) is 10.2 Å². The molecule has 4 rings (SSSR count). The predicted octanol–water partition coefficient (Wildman–Crippen LogP) is 4.28. The van der Waals surface area contributed by atoms with Crippen LogP contribution < -0.4 is 5.32 Å². The predicted molar refractivity (Wildman–Crippen MR) is 104 cm³/mol. The van der Waals surface area contributed by atoms with Gasteiger partial charge in [0.2, 0.25) is 5.91 Å². The summed E-state index contributed by atoms with van der Waals surface area (Å²) in [6.07, 6.45) is 8.39. The molecule has 0 unspecified atom stereocenters. The molecule has 0 aromatic carbocycles. The van der Waals surface area contributed by atoms with Crippen LogP contribution in [-0.4, -0.2) is 27.7 Å². The third-order valence-electron chi connectivity index (χ3n) is 5.44. The van der Waals surface area contributed by atoms with Crippen LogP contribution in [0.3, 0.4) is 0 Å². The van der Waals surface area contributed by atoms with E-state index < -0.39 is 0 Å². The summed E-state index contributed by atoms with van der Waals surface area (Å²) < 4.78 is 0. The third kappa shape index (κ3) is 3.56. The van der Waals surface area contributed by atoms with E-state index in [4.69, 9.17) is 0 Å². The number of carbonyl (C=O) groups is 1. The second-order valence-electron chi connectivity index (χ2n) is 7.34. The molecule has 0 radical (unpaired) electrons. The Bertz CT molecular complexity index is 802. The fraction of sp³-hybridized carbons (Fsp3) is 0.632. The van der Waals surface area contributed by atoms with Gasteiger partial charge in [-0.05, 0) is 50.5 Å². The number of carbonyl (C=O) groups excluding carboxylic acids is 1. The number of thiophene rings is 1. The summed E-state index contributed by atoms with van der Waals surface area (Å²) in [5.41, 5.74) is 1.43. The second-order valence-corrected chi connectivity index (χ2v) is 9.39. The minimum atomic E-state index is 0.139. The smallest absolute Gasteiger partial charge is 0.230 e. The molecule has 4 nitrogen and oxygen atoms in total. The van der Waals surface area contributed by atoms with Crippen LogP contribution in [0.1, 0.15) is 55.3 Å². The molecule has 0 bridgehead atoms. The van der Waals surface area contributed by atoms with Crippen molar-refractivity contribution in [1.29, 1.82) is 0 Å². The van der Waals surface area contributed by atoms with Crippen LogP contribution >= 0.6 is 23.1 Å². The van der Waals surface area contributed by atoms with Crippen molar-refractivity contribution in [3.05, 3.63) is 16.3 Å². The van der Waals surface area contributed by atoms with Crippen molar-refractivity contribution in [2.75, 3.05) is 5.75 Å². The van der Waals surface area contributed by atoms with Gasteiger partial charge in [0, 0.05) is 16.3 Å². The lowest BCUT2D eigenvalue weighted by Crippen LogP contribution is -2.41. The summed E-state index contributed by atoms with van der Waals surface area (Å²) in [7, 11) is 0. The van der Waals surface area contributed by atoms with Crippen LogP contribution in [0.4, 0.5) is 0 Å². The molecular formula is C19H25N3OS2. The highest BCUT2D eigenvalue weighted by Gasteiger charge is 2.24. The quantitative estimate of drug-likeness (QED) is 0.640. The van der Waals surface area contributed by atoms with E-state index in [-0.39, 0.29) is 5.91 Å². The Balaban J connectivity index is 1.48. The monoisotopic (exact) mass is 375 g/mol. The van der Waals surface area contributed by atoms with Gasteiger partial charge in [-0.2, -0.15) is 0 Å². The van der Waals surface area contributed by atoms with Gasteiger partial charge in [-0.25, -0.2) is 9.97 Å². The first-order valence-corrected chi connectivity index (χ1v) is 11.1. The number of aromatic nitrogens is 2. The Labute approximate surface area is 157 Å². The summed E-state index contributed by atoms with van der Waals surface area (Å²) in [6, 6.07) is 0.347. The summed E-state index contributed by atoms with van der Waals surface area (Å²) in [6.45, 7) is 4.20. The standard InChI is InChI=1S/C19H25N3OS2/c1-11-6-3-4-8-14(11)22-16(23)10-24-18-17-13-7-5-9-15(13)25-19(17)21-12(2)20-18/h11,14H,3-10H2,1-2H3,(H,22,23)/t11-,14-/m0/s1. The molecule has 134 valence electrons. The Morgan fingerprint density at radius 1 is 1.24 bits per heavy atom. The Morgan fingerprint density at radius 3 is 2.92 bits per heavy atom. The lowest BCUT2D eigenvalue weighted by atomic mass is 9.86. The van der Waals surface area contributed by atoms with Crippen molar-refractivity contribution in [2.24, 2.45) is 5.92 Å². The highest BCUT2D eigenvalue weighted by Crippen LogP contribution is 2.40. The van der Waals surface area contributed by atoms with E-state index in [1.54, 1.807) is 11.8 Å². The van der Waals surface area contributed by atoms with Crippen LogP contribution in [0, 0.1) is 12.8 Å². The second kappa shape index (κ2) is 7.23. The molecule has 25 heavy (non-hydrogen) atoms. The molecule has 0 aliphatic heterocycles. The number of fused-ring (bicyclic) bond motifs is 3. The molecule has 0 spiro atoms. The van der Waals surface area contributed by atoms with Gasteiger partial charge in [-0.3, -0.25) is 4.79 Å². The highest BCUT2D eigenvalue weighted by atomic mass is 32.2. The molecule has 2 aromatic rings. The van der Waals surface area contributed by atoms with Crippen molar-refractivity contribution in [3.63, 3.8) is 0 Å². The number of nitrogens with zero attached hydrogens (tertiary/aromatic N) is 2. The first-order valence-electron chi connectivity index (χ1n) is 9.33. The molecule has 2 heterocycles. The summed E-state index contributed by atoms with van der Waals surface area (Å²) >= 11 is 3.39. The molecule has 2 aromatic heterocycles. The topological polar surface area (TPSA) is 54.9 Å². The zero-order valence-electron chi connectivity index (χ0n) is 14.9. The van der Waals surface area contributed by atoms with Crippen molar-refractivity contribution in [3.8, 4) is 0 Å². The average molecular weight is 376 g/mol. The normalized spacial score (nSPS) is 23.0. The van der Waals surface area contributed by atoms with Gasteiger partial charge in [0.05, 0.1) is 5.75 Å². The van der Waals surface area contributed by atoms with E-state index in [9.17, 15) is 4.79 Å². The zero-order chi connectivity index (χ0) is 17.4. The molecule has 0 saturated heterocycles. The maximum Gasteiger partial charge on any atom is 0.230 e.